The van der Waals surface area contributed by atoms with E-state index in [4.69, 9.17) is 9.47 Å². The van der Waals surface area contributed by atoms with Crippen LogP contribution in [0.5, 0.6) is 5.75 Å². The van der Waals surface area contributed by atoms with Crippen LogP contribution in [-0.2, 0) is 11.3 Å². The Bertz CT molecular complexity index is 936. The van der Waals surface area contributed by atoms with Gasteiger partial charge in [0.25, 0.3) is 0 Å². The van der Waals surface area contributed by atoms with E-state index in [1.807, 2.05) is 36.4 Å². The number of ether oxygens (including phenoxy) is 2. The van der Waals surface area contributed by atoms with Gasteiger partial charge in [-0.3, -0.25) is 4.90 Å². The molecule has 0 amide bonds. The van der Waals surface area contributed by atoms with Gasteiger partial charge in [0.2, 0.25) is 0 Å². The molecule has 0 bridgehead atoms. The Balaban J connectivity index is 1.85. The Morgan fingerprint density at radius 1 is 0.812 bits per heavy atom. The van der Waals surface area contributed by atoms with Gasteiger partial charge in [0.15, 0.2) is 0 Å². The van der Waals surface area contributed by atoms with Crippen LogP contribution in [0.3, 0.4) is 0 Å². The molecule has 4 heteroatoms. The molecule has 0 saturated heterocycles. The Labute approximate surface area is 201 Å². The van der Waals surface area contributed by atoms with Gasteiger partial charge in [0.05, 0.1) is 6.61 Å². The molecule has 1 atom stereocenters. The summed E-state index contributed by atoms with van der Waals surface area (Å²) in [6, 6.07) is 27.7. The van der Waals surface area contributed by atoms with Crippen LogP contribution in [0.25, 0.3) is 0 Å². The van der Waals surface area contributed by atoms with E-state index in [1.54, 1.807) is 0 Å². The minimum Gasteiger partial charge on any atom is -0.489 e. The van der Waals surface area contributed by atoms with Gasteiger partial charge in [-0.05, 0) is 57.0 Å². The van der Waals surface area contributed by atoms with E-state index in [1.165, 1.54) is 0 Å². The molecule has 3 aromatic rings. The van der Waals surface area contributed by atoms with Gasteiger partial charge in [-0.15, -0.1) is 0 Å². The number of nitrogens with zero attached hydrogens (tertiary/aromatic N) is 1. The van der Waals surface area contributed by atoms with Crippen molar-refractivity contribution < 1.29 is 9.47 Å². The summed E-state index contributed by atoms with van der Waals surface area (Å²) in [5.74, 6) is 0.843. The predicted molar refractivity (Wildman–Crippen MR) is 136 cm³/mol. The van der Waals surface area contributed by atoms with Gasteiger partial charge < -0.3 is 9.47 Å². The molecule has 0 aliphatic rings. The quantitative estimate of drug-likeness (QED) is 0.279. The van der Waals surface area contributed by atoms with Crippen molar-refractivity contribution in [1.29, 1.82) is 0 Å². The minimum absolute atomic E-state index is 0.208. The largest absolute Gasteiger partial charge is 0.489 e. The summed E-state index contributed by atoms with van der Waals surface area (Å²) < 4.78 is 13.8. The molecule has 0 aromatic heterocycles. The van der Waals surface area contributed by atoms with E-state index in [0.717, 1.165) is 33.5 Å². The molecule has 0 fully saturated rings. The second-order valence-electron chi connectivity index (χ2n) is 8.54. The van der Waals surface area contributed by atoms with Crippen LogP contribution in [0.4, 0.5) is 0 Å². The van der Waals surface area contributed by atoms with Crippen molar-refractivity contribution in [2.24, 2.45) is 0 Å². The molecule has 3 aromatic carbocycles. The first-order valence-electron chi connectivity index (χ1n) is 11.3. The smallest absolute Gasteiger partial charge is 0.126 e. The van der Waals surface area contributed by atoms with Crippen LogP contribution in [0.1, 0.15) is 50.5 Å². The Kier molecular flexibility index (Phi) is 9.34. The van der Waals surface area contributed by atoms with Gasteiger partial charge in [0, 0.05) is 28.7 Å². The first-order chi connectivity index (χ1) is 15.5. The minimum atomic E-state index is -0.208. The predicted octanol–water partition coefficient (Wildman–Crippen LogP) is 7.25. The molecule has 0 saturated carbocycles. The van der Waals surface area contributed by atoms with Gasteiger partial charge in [-0.25, -0.2) is 0 Å². The number of hydrogen-bond donors (Lipinski definition) is 0. The fourth-order valence-electron chi connectivity index (χ4n) is 3.97. The highest BCUT2D eigenvalue weighted by Gasteiger charge is 2.21. The van der Waals surface area contributed by atoms with Crippen LogP contribution in [-0.4, -0.2) is 30.1 Å². The molecule has 0 aliphatic heterocycles. The molecule has 0 radical (unpaired) electrons. The average Bonchev–Trinajstić information content (AvgIpc) is 2.79. The highest BCUT2D eigenvalue weighted by molar-refractivity contribution is 9.10. The summed E-state index contributed by atoms with van der Waals surface area (Å²) in [7, 11) is 0. The van der Waals surface area contributed by atoms with Crippen LogP contribution in [0.15, 0.2) is 83.3 Å². The number of benzene rings is 3. The van der Waals surface area contributed by atoms with Crippen LogP contribution < -0.4 is 4.74 Å². The lowest BCUT2D eigenvalue weighted by molar-refractivity contribution is 0.0426. The first kappa shape index (κ1) is 24.5. The lowest BCUT2D eigenvalue weighted by Crippen LogP contribution is -2.39. The maximum atomic E-state index is 6.55. The van der Waals surface area contributed by atoms with Crippen LogP contribution >= 0.6 is 15.9 Å². The molecule has 1 unspecified atom stereocenters. The topological polar surface area (TPSA) is 21.7 Å². The molecule has 0 heterocycles. The lowest BCUT2D eigenvalue weighted by Gasteiger charge is -2.31. The third-order valence-electron chi connectivity index (χ3n) is 5.55. The van der Waals surface area contributed by atoms with E-state index in [2.05, 4.69) is 91.0 Å². The number of halogens is 1. The van der Waals surface area contributed by atoms with Gasteiger partial charge in [0.1, 0.15) is 18.5 Å². The molecular weight excluding hydrogens is 462 g/mol. The van der Waals surface area contributed by atoms with Gasteiger partial charge >= 0.3 is 0 Å². The maximum Gasteiger partial charge on any atom is 0.126 e. The fraction of sp³-hybridized carbons (Fsp3) is 0.357. The zero-order valence-corrected chi connectivity index (χ0v) is 21.1. The van der Waals surface area contributed by atoms with Gasteiger partial charge in [-0.2, -0.15) is 0 Å². The summed E-state index contributed by atoms with van der Waals surface area (Å²) in [6.45, 7) is 11.0. The maximum absolute atomic E-state index is 6.55. The zero-order valence-electron chi connectivity index (χ0n) is 19.5. The van der Waals surface area contributed by atoms with E-state index >= 15 is 0 Å². The fourth-order valence-corrected chi connectivity index (χ4v) is 4.35. The monoisotopic (exact) mass is 495 g/mol. The van der Waals surface area contributed by atoms with E-state index in [-0.39, 0.29) is 6.10 Å². The first-order valence-corrected chi connectivity index (χ1v) is 12.1. The summed E-state index contributed by atoms with van der Waals surface area (Å²) in [5.41, 5.74) is 3.29. The molecule has 0 spiro atoms. The number of rotatable bonds is 11. The number of hydrogen-bond acceptors (Lipinski definition) is 3. The van der Waals surface area contributed by atoms with Gasteiger partial charge in [-0.1, -0.05) is 76.6 Å². The molecule has 0 aliphatic carbocycles. The lowest BCUT2D eigenvalue weighted by atomic mass is 10.0. The molecule has 32 heavy (non-hydrogen) atoms. The van der Waals surface area contributed by atoms with E-state index in [0.29, 0.717) is 25.3 Å². The highest BCUT2D eigenvalue weighted by Crippen LogP contribution is 2.35. The van der Waals surface area contributed by atoms with Crippen molar-refractivity contribution in [1.82, 2.24) is 4.90 Å². The molecular formula is C28H34BrNO2. The van der Waals surface area contributed by atoms with Crippen molar-refractivity contribution in [2.45, 2.75) is 52.5 Å². The second kappa shape index (κ2) is 12.2. The van der Waals surface area contributed by atoms with Crippen molar-refractivity contribution in [2.75, 3.05) is 13.2 Å². The average molecular weight is 496 g/mol. The summed E-state index contributed by atoms with van der Waals surface area (Å²) >= 11 is 3.64. The Morgan fingerprint density at radius 2 is 1.44 bits per heavy atom. The van der Waals surface area contributed by atoms with Crippen molar-refractivity contribution in [3.05, 3.63) is 100 Å². The Hall–Kier alpha value is -2.14. The van der Waals surface area contributed by atoms with E-state index < -0.39 is 0 Å². The van der Waals surface area contributed by atoms with Crippen molar-refractivity contribution >= 4 is 15.9 Å². The highest BCUT2D eigenvalue weighted by atomic mass is 79.9. The third-order valence-corrected chi connectivity index (χ3v) is 6.05. The second-order valence-corrected chi connectivity index (χ2v) is 9.46. The molecule has 0 N–H and O–H groups in total. The van der Waals surface area contributed by atoms with Crippen molar-refractivity contribution in [3.8, 4) is 5.75 Å². The summed E-state index contributed by atoms with van der Waals surface area (Å²) in [6.07, 6.45) is -0.208. The van der Waals surface area contributed by atoms with Crippen LogP contribution in [0.2, 0.25) is 0 Å². The third kappa shape index (κ3) is 6.93. The zero-order chi connectivity index (χ0) is 22.9. The normalized spacial score (nSPS) is 12.5. The molecule has 170 valence electrons. The summed E-state index contributed by atoms with van der Waals surface area (Å²) in [4.78, 5) is 2.45. The van der Waals surface area contributed by atoms with Crippen molar-refractivity contribution in [3.63, 3.8) is 0 Å². The van der Waals surface area contributed by atoms with E-state index in [9.17, 15) is 0 Å². The molecule has 3 nitrogen and oxygen atoms in total. The Morgan fingerprint density at radius 3 is 2.06 bits per heavy atom. The SMILES string of the molecule is CC(C)N(CCOC(c1ccccc1)c1cc(Br)ccc1OCc1ccccc1)C(C)C. The standard InChI is InChI=1S/C28H34BrNO2/c1-21(2)30(22(3)4)17-18-31-28(24-13-9-6-10-14-24)26-19-25(29)15-16-27(26)32-20-23-11-7-5-8-12-23/h5-16,19,21-22,28H,17-18,20H2,1-4H3. The molecule has 3 rings (SSSR count). The van der Waals surface area contributed by atoms with Crippen LogP contribution in [0, 0.1) is 0 Å². The summed E-state index contributed by atoms with van der Waals surface area (Å²) in [5, 5.41) is 0.